The SMILES string of the molecule is Cc1cc(F)cc(Nc2nc(NN)nc(C)c2[N+](=O)[O-])c1. The Hall–Kier alpha value is -2.81. The van der Waals surface area contributed by atoms with Gasteiger partial charge in [0.05, 0.1) is 4.92 Å². The number of aromatic nitrogens is 2. The number of nitrogen functional groups attached to an aromatic ring is 1. The Balaban J connectivity index is 2.51. The summed E-state index contributed by atoms with van der Waals surface area (Å²) in [6.07, 6.45) is 0. The maximum Gasteiger partial charge on any atom is 0.332 e. The van der Waals surface area contributed by atoms with E-state index in [-0.39, 0.29) is 23.1 Å². The molecule has 4 N–H and O–H groups in total. The van der Waals surface area contributed by atoms with Gasteiger partial charge in [0, 0.05) is 5.69 Å². The number of hydrogen-bond acceptors (Lipinski definition) is 7. The second-order valence-electron chi connectivity index (χ2n) is 4.37. The first-order chi connectivity index (χ1) is 9.90. The molecule has 0 unspecified atom stereocenters. The molecule has 0 fully saturated rings. The summed E-state index contributed by atoms with van der Waals surface area (Å²) in [5.41, 5.74) is 3.08. The summed E-state index contributed by atoms with van der Waals surface area (Å²) >= 11 is 0. The van der Waals surface area contributed by atoms with Crippen LogP contribution in [0.3, 0.4) is 0 Å². The van der Waals surface area contributed by atoms with Crippen LogP contribution in [0.25, 0.3) is 0 Å². The molecule has 8 nitrogen and oxygen atoms in total. The van der Waals surface area contributed by atoms with Crippen LogP contribution in [0.5, 0.6) is 0 Å². The van der Waals surface area contributed by atoms with Gasteiger partial charge in [-0.25, -0.2) is 15.2 Å². The van der Waals surface area contributed by atoms with Crippen molar-refractivity contribution >= 4 is 23.1 Å². The summed E-state index contributed by atoms with van der Waals surface area (Å²) in [5, 5.41) is 13.8. The van der Waals surface area contributed by atoms with Crippen molar-refractivity contribution in [2.75, 3.05) is 10.7 Å². The van der Waals surface area contributed by atoms with E-state index in [4.69, 9.17) is 5.84 Å². The van der Waals surface area contributed by atoms with E-state index < -0.39 is 10.7 Å². The van der Waals surface area contributed by atoms with Gasteiger partial charge in [-0.15, -0.1) is 0 Å². The zero-order chi connectivity index (χ0) is 15.6. The number of hydrogen-bond donors (Lipinski definition) is 3. The minimum atomic E-state index is -0.607. The molecule has 0 aliphatic rings. The number of halogens is 1. The maximum atomic E-state index is 13.4. The molecule has 21 heavy (non-hydrogen) atoms. The van der Waals surface area contributed by atoms with Crippen LogP contribution in [0.15, 0.2) is 18.2 Å². The number of benzene rings is 1. The molecule has 0 bridgehead atoms. The van der Waals surface area contributed by atoms with Gasteiger partial charge in [0.25, 0.3) is 0 Å². The fourth-order valence-electron chi connectivity index (χ4n) is 1.88. The van der Waals surface area contributed by atoms with E-state index in [0.29, 0.717) is 11.3 Å². The molecule has 0 radical (unpaired) electrons. The highest BCUT2D eigenvalue weighted by Crippen LogP contribution is 2.29. The summed E-state index contributed by atoms with van der Waals surface area (Å²) < 4.78 is 13.4. The Bertz CT molecular complexity index is 686. The Kier molecular flexibility index (Phi) is 3.94. The summed E-state index contributed by atoms with van der Waals surface area (Å²) in [6.45, 7) is 3.17. The quantitative estimate of drug-likeness (QED) is 0.449. The third kappa shape index (κ3) is 3.20. The number of aryl methyl sites for hydroxylation is 2. The fraction of sp³-hybridized carbons (Fsp3) is 0.167. The van der Waals surface area contributed by atoms with E-state index in [9.17, 15) is 14.5 Å². The highest BCUT2D eigenvalue weighted by Gasteiger charge is 2.22. The monoisotopic (exact) mass is 292 g/mol. The van der Waals surface area contributed by atoms with Gasteiger partial charge in [0.15, 0.2) is 0 Å². The lowest BCUT2D eigenvalue weighted by atomic mass is 10.2. The summed E-state index contributed by atoms with van der Waals surface area (Å²) in [5.74, 6) is 4.72. The third-order valence-corrected chi connectivity index (χ3v) is 2.67. The second kappa shape index (κ2) is 5.67. The van der Waals surface area contributed by atoms with Crippen LogP contribution in [0.2, 0.25) is 0 Å². The van der Waals surface area contributed by atoms with Crippen molar-refractivity contribution in [1.82, 2.24) is 9.97 Å². The lowest BCUT2D eigenvalue weighted by Gasteiger charge is -2.10. The number of hydrazine groups is 1. The molecular weight excluding hydrogens is 279 g/mol. The van der Waals surface area contributed by atoms with Crippen LogP contribution in [-0.4, -0.2) is 14.9 Å². The molecule has 0 aliphatic heterocycles. The van der Waals surface area contributed by atoms with Crippen LogP contribution < -0.4 is 16.6 Å². The average Bonchev–Trinajstić information content (AvgIpc) is 2.36. The van der Waals surface area contributed by atoms with Crippen molar-refractivity contribution in [2.24, 2.45) is 5.84 Å². The van der Waals surface area contributed by atoms with Crippen LogP contribution in [-0.2, 0) is 0 Å². The molecule has 0 spiro atoms. The van der Waals surface area contributed by atoms with E-state index in [1.165, 1.54) is 19.1 Å². The van der Waals surface area contributed by atoms with Gasteiger partial charge in [0.2, 0.25) is 11.8 Å². The summed E-state index contributed by atoms with van der Waals surface area (Å²) in [7, 11) is 0. The Morgan fingerprint density at radius 1 is 1.29 bits per heavy atom. The zero-order valence-electron chi connectivity index (χ0n) is 11.3. The van der Waals surface area contributed by atoms with Crippen molar-refractivity contribution in [2.45, 2.75) is 13.8 Å². The molecule has 1 heterocycles. The van der Waals surface area contributed by atoms with E-state index in [0.717, 1.165) is 0 Å². The van der Waals surface area contributed by atoms with Crippen LogP contribution in [0, 0.1) is 29.8 Å². The van der Waals surface area contributed by atoms with Crippen molar-refractivity contribution in [3.8, 4) is 0 Å². The van der Waals surface area contributed by atoms with Gasteiger partial charge in [0.1, 0.15) is 11.5 Å². The van der Waals surface area contributed by atoms with Gasteiger partial charge in [-0.05, 0) is 37.6 Å². The molecule has 0 aliphatic carbocycles. The van der Waals surface area contributed by atoms with Gasteiger partial charge in [-0.3, -0.25) is 15.5 Å². The Labute approximate surface area is 119 Å². The summed E-state index contributed by atoms with van der Waals surface area (Å²) in [6, 6.07) is 4.20. The highest BCUT2D eigenvalue weighted by molar-refractivity contribution is 5.68. The molecule has 110 valence electrons. The highest BCUT2D eigenvalue weighted by atomic mass is 19.1. The molecule has 0 saturated carbocycles. The van der Waals surface area contributed by atoms with Crippen LogP contribution in [0.1, 0.15) is 11.3 Å². The number of nitrogens with two attached hydrogens (primary N) is 1. The number of nitro groups is 1. The molecule has 1 aromatic heterocycles. The summed E-state index contributed by atoms with van der Waals surface area (Å²) in [4.78, 5) is 18.3. The number of anilines is 3. The molecule has 2 rings (SSSR count). The Morgan fingerprint density at radius 2 is 2.00 bits per heavy atom. The molecule has 9 heteroatoms. The standard InChI is InChI=1S/C12H13FN6O2/c1-6-3-8(13)5-9(4-6)16-11-10(19(20)21)7(2)15-12(17-11)18-14/h3-5H,14H2,1-2H3,(H2,15,16,17,18). The van der Waals surface area contributed by atoms with E-state index in [1.54, 1.807) is 13.0 Å². The second-order valence-corrected chi connectivity index (χ2v) is 4.37. The minimum Gasteiger partial charge on any atom is -0.334 e. The van der Waals surface area contributed by atoms with Crippen LogP contribution in [0.4, 0.5) is 27.5 Å². The molecule has 1 aromatic carbocycles. The largest absolute Gasteiger partial charge is 0.334 e. The molecule has 0 amide bonds. The third-order valence-electron chi connectivity index (χ3n) is 2.67. The van der Waals surface area contributed by atoms with Crippen molar-refractivity contribution in [3.63, 3.8) is 0 Å². The van der Waals surface area contributed by atoms with Gasteiger partial charge < -0.3 is 5.32 Å². The van der Waals surface area contributed by atoms with Crippen molar-refractivity contribution in [1.29, 1.82) is 0 Å². The average molecular weight is 292 g/mol. The normalized spacial score (nSPS) is 10.3. The first kappa shape index (κ1) is 14.6. The van der Waals surface area contributed by atoms with E-state index in [1.807, 2.05) is 0 Å². The lowest BCUT2D eigenvalue weighted by Crippen LogP contribution is -2.13. The minimum absolute atomic E-state index is 0.0220. The number of nitrogens with zero attached hydrogens (tertiary/aromatic N) is 3. The topological polar surface area (TPSA) is 119 Å². The number of rotatable bonds is 4. The van der Waals surface area contributed by atoms with E-state index >= 15 is 0 Å². The van der Waals surface area contributed by atoms with Gasteiger partial charge in [-0.2, -0.15) is 4.98 Å². The molecular formula is C12H13FN6O2. The van der Waals surface area contributed by atoms with Crippen molar-refractivity contribution in [3.05, 3.63) is 45.4 Å². The van der Waals surface area contributed by atoms with Gasteiger partial charge in [-0.1, -0.05) is 0 Å². The molecule has 0 atom stereocenters. The zero-order valence-corrected chi connectivity index (χ0v) is 11.3. The predicted octanol–water partition coefficient (Wildman–Crippen LogP) is 2.17. The van der Waals surface area contributed by atoms with E-state index in [2.05, 4.69) is 20.7 Å². The lowest BCUT2D eigenvalue weighted by molar-refractivity contribution is -0.385. The molecule has 0 saturated heterocycles. The number of nitrogens with one attached hydrogen (secondary N) is 2. The first-order valence-electron chi connectivity index (χ1n) is 5.94. The predicted molar refractivity (Wildman–Crippen MR) is 75.7 cm³/mol. The van der Waals surface area contributed by atoms with Crippen molar-refractivity contribution < 1.29 is 9.31 Å². The fourth-order valence-corrected chi connectivity index (χ4v) is 1.88. The first-order valence-corrected chi connectivity index (χ1v) is 5.94. The smallest absolute Gasteiger partial charge is 0.332 e. The Morgan fingerprint density at radius 3 is 2.57 bits per heavy atom. The maximum absolute atomic E-state index is 13.4. The van der Waals surface area contributed by atoms with Gasteiger partial charge >= 0.3 is 5.69 Å². The molecule has 2 aromatic rings. The van der Waals surface area contributed by atoms with Crippen LogP contribution >= 0.6 is 0 Å².